The normalized spacial score (nSPS) is 11.8. The third kappa shape index (κ3) is 5.51. The SMILES string of the molecule is COc1ccc(OS(=O)(=O)[O-])c(CNc2cccc3c(OS(=O)(=O)[O-])cccc23)c1. The molecule has 0 aliphatic heterocycles. The highest BCUT2D eigenvalue weighted by atomic mass is 32.3. The molecule has 0 fully saturated rings. The summed E-state index contributed by atoms with van der Waals surface area (Å²) in [4.78, 5) is 0. The Morgan fingerprint density at radius 2 is 1.47 bits per heavy atom. The van der Waals surface area contributed by atoms with Crippen molar-refractivity contribution in [2.45, 2.75) is 6.54 Å². The molecule has 0 aliphatic carbocycles. The summed E-state index contributed by atoms with van der Waals surface area (Å²) < 4.78 is 79.9. The van der Waals surface area contributed by atoms with Gasteiger partial charge in [0, 0.05) is 28.6 Å². The zero-order chi connectivity index (χ0) is 21.9. The van der Waals surface area contributed by atoms with E-state index in [1.54, 1.807) is 24.3 Å². The molecule has 30 heavy (non-hydrogen) atoms. The van der Waals surface area contributed by atoms with Gasteiger partial charge in [-0.15, -0.1) is 0 Å². The molecule has 10 nitrogen and oxygen atoms in total. The maximum Gasteiger partial charge on any atom is 0.262 e. The van der Waals surface area contributed by atoms with Gasteiger partial charge in [0.25, 0.3) is 20.8 Å². The molecule has 0 aromatic heterocycles. The van der Waals surface area contributed by atoms with Crippen molar-refractivity contribution in [1.29, 1.82) is 0 Å². The molecule has 0 spiro atoms. The molecular formula is C18H15NO9S2-2. The average Bonchev–Trinajstić information content (AvgIpc) is 2.65. The molecule has 0 saturated carbocycles. The van der Waals surface area contributed by atoms with E-state index < -0.39 is 20.8 Å². The Morgan fingerprint density at radius 1 is 0.833 bits per heavy atom. The van der Waals surface area contributed by atoms with Crippen LogP contribution in [0.2, 0.25) is 0 Å². The lowest BCUT2D eigenvalue weighted by molar-refractivity contribution is 0.368. The molecule has 0 saturated heterocycles. The topological polar surface area (TPSA) is 154 Å². The molecule has 160 valence electrons. The third-order valence-electron chi connectivity index (χ3n) is 4.00. The molecule has 0 unspecified atom stereocenters. The highest BCUT2D eigenvalue weighted by molar-refractivity contribution is 7.81. The van der Waals surface area contributed by atoms with Crippen molar-refractivity contribution in [2.75, 3.05) is 12.4 Å². The number of anilines is 1. The number of fused-ring (bicyclic) bond motifs is 1. The Bertz CT molecular complexity index is 1290. The molecule has 3 aromatic rings. The van der Waals surface area contributed by atoms with Crippen LogP contribution in [0.1, 0.15) is 5.56 Å². The number of methoxy groups -OCH3 is 1. The van der Waals surface area contributed by atoms with Gasteiger partial charge < -0.3 is 27.5 Å². The Balaban J connectivity index is 1.95. The maximum atomic E-state index is 11.0. The predicted octanol–water partition coefficient (Wildman–Crippen LogP) is 2.14. The van der Waals surface area contributed by atoms with Crippen LogP contribution in [0.3, 0.4) is 0 Å². The minimum atomic E-state index is -4.98. The average molecular weight is 453 g/mol. The second-order valence-corrected chi connectivity index (χ2v) is 7.93. The fourth-order valence-electron chi connectivity index (χ4n) is 2.82. The van der Waals surface area contributed by atoms with Gasteiger partial charge in [-0.25, -0.2) is 16.8 Å². The van der Waals surface area contributed by atoms with Gasteiger partial charge in [0.2, 0.25) is 0 Å². The van der Waals surface area contributed by atoms with Gasteiger partial charge in [0.05, 0.1) is 7.11 Å². The monoisotopic (exact) mass is 453 g/mol. The molecule has 3 rings (SSSR count). The van der Waals surface area contributed by atoms with E-state index in [4.69, 9.17) is 4.74 Å². The van der Waals surface area contributed by atoms with Gasteiger partial charge in [-0.2, -0.15) is 0 Å². The van der Waals surface area contributed by atoms with E-state index in [1.165, 1.54) is 37.4 Å². The van der Waals surface area contributed by atoms with Crippen LogP contribution in [0.15, 0.2) is 54.6 Å². The number of nitrogens with one attached hydrogen (secondary N) is 1. The van der Waals surface area contributed by atoms with E-state index in [9.17, 15) is 25.9 Å². The molecular weight excluding hydrogens is 438 g/mol. The summed E-state index contributed by atoms with van der Waals surface area (Å²) in [6, 6.07) is 13.6. The van der Waals surface area contributed by atoms with Crippen LogP contribution in [0.4, 0.5) is 5.69 Å². The fraction of sp³-hybridized carbons (Fsp3) is 0.111. The summed E-state index contributed by atoms with van der Waals surface area (Å²) in [6.45, 7) is 0.0338. The molecule has 3 aromatic carbocycles. The van der Waals surface area contributed by atoms with E-state index in [1.807, 2.05) is 0 Å². The third-order valence-corrected chi connectivity index (χ3v) is 4.77. The highest BCUT2D eigenvalue weighted by Crippen LogP contribution is 2.32. The van der Waals surface area contributed by atoms with Crippen LogP contribution >= 0.6 is 0 Å². The van der Waals surface area contributed by atoms with E-state index in [-0.39, 0.29) is 18.0 Å². The van der Waals surface area contributed by atoms with Crippen molar-refractivity contribution in [1.82, 2.24) is 0 Å². The first-order valence-electron chi connectivity index (χ1n) is 8.29. The van der Waals surface area contributed by atoms with Gasteiger partial charge in [0.1, 0.15) is 17.2 Å². The summed E-state index contributed by atoms with van der Waals surface area (Å²) in [6.07, 6.45) is 0. The first-order valence-corrected chi connectivity index (χ1v) is 11.0. The van der Waals surface area contributed by atoms with Crippen molar-refractivity contribution in [2.24, 2.45) is 0 Å². The van der Waals surface area contributed by atoms with Gasteiger partial charge in [-0.1, -0.05) is 24.3 Å². The molecule has 0 radical (unpaired) electrons. The van der Waals surface area contributed by atoms with Crippen molar-refractivity contribution in [3.05, 3.63) is 60.2 Å². The highest BCUT2D eigenvalue weighted by Gasteiger charge is 2.12. The predicted molar refractivity (Wildman–Crippen MR) is 105 cm³/mol. The lowest BCUT2D eigenvalue weighted by Gasteiger charge is -2.17. The van der Waals surface area contributed by atoms with Crippen LogP contribution in [0, 0.1) is 0 Å². The standard InChI is InChI=1S/C18H17NO9S2/c1-26-13-8-9-17(27-29(20,21)22)12(10-13)11-19-16-6-2-5-15-14(16)4-3-7-18(15)28-30(23,24)25/h2-10,19H,11H2,1H3,(H,20,21,22)(H,23,24,25)/p-2. The second-order valence-electron chi connectivity index (χ2n) is 5.97. The summed E-state index contributed by atoms with van der Waals surface area (Å²) in [5, 5.41) is 3.96. The number of hydrogen-bond acceptors (Lipinski definition) is 10. The first-order chi connectivity index (χ1) is 14.1. The smallest absolute Gasteiger partial charge is 0.262 e. The van der Waals surface area contributed by atoms with Gasteiger partial charge in [0.15, 0.2) is 0 Å². The summed E-state index contributed by atoms with van der Waals surface area (Å²) in [5.41, 5.74) is 0.848. The fourth-order valence-corrected chi connectivity index (χ4v) is 3.57. The van der Waals surface area contributed by atoms with Gasteiger partial charge in [-0.05, 0) is 30.3 Å². The Morgan fingerprint density at radius 3 is 2.13 bits per heavy atom. The number of rotatable bonds is 8. The summed E-state index contributed by atoms with van der Waals surface area (Å²) in [5.74, 6) is 0.116. The van der Waals surface area contributed by atoms with Crippen molar-refractivity contribution >= 4 is 37.3 Å². The Labute approximate surface area is 172 Å². The lowest BCUT2D eigenvalue weighted by Crippen LogP contribution is -2.10. The molecule has 1 N–H and O–H groups in total. The Hall–Kier alpha value is -3.06. The molecule has 12 heteroatoms. The van der Waals surface area contributed by atoms with Crippen LogP contribution in [0.5, 0.6) is 17.2 Å². The minimum Gasteiger partial charge on any atom is -0.716 e. The zero-order valence-electron chi connectivity index (χ0n) is 15.4. The quantitative estimate of drug-likeness (QED) is 0.396. The van der Waals surface area contributed by atoms with E-state index >= 15 is 0 Å². The van der Waals surface area contributed by atoms with E-state index in [2.05, 4.69) is 13.7 Å². The maximum absolute atomic E-state index is 11.0. The summed E-state index contributed by atoms with van der Waals surface area (Å²) in [7, 11) is -8.51. The van der Waals surface area contributed by atoms with Crippen LogP contribution in [-0.4, -0.2) is 33.1 Å². The number of benzene rings is 3. The molecule has 0 atom stereocenters. The van der Waals surface area contributed by atoms with Crippen LogP contribution in [-0.2, 0) is 27.3 Å². The van der Waals surface area contributed by atoms with Crippen LogP contribution < -0.4 is 18.4 Å². The largest absolute Gasteiger partial charge is 0.716 e. The van der Waals surface area contributed by atoms with E-state index in [0.29, 0.717) is 27.8 Å². The molecule has 0 aliphatic rings. The zero-order valence-corrected chi connectivity index (χ0v) is 17.0. The van der Waals surface area contributed by atoms with Gasteiger partial charge >= 0.3 is 0 Å². The van der Waals surface area contributed by atoms with Crippen LogP contribution in [0.25, 0.3) is 10.8 Å². The van der Waals surface area contributed by atoms with E-state index in [0.717, 1.165) is 0 Å². The summed E-state index contributed by atoms with van der Waals surface area (Å²) >= 11 is 0. The van der Waals surface area contributed by atoms with Crippen molar-refractivity contribution in [3.8, 4) is 17.2 Å². The number of ether oxygens (including phenoxy) is 1. The van der Waals surface area contributed by atoms with Crippen molar-refractivity contribution < 1.29 is 39.0 Å². The van der Waals surface area contributed by atoms with Gasteiger partial charge in [-0.3, -0.25) is 0 Å². The second kappa shape index (κ2) is 8.36. The Kier molecular flexibility index (Phi) is 6.03. The molecule has 0 amide bonds. The lowest BCUT2D eigenvalue weighted by atomic mass is 10.1. The molecule has 0 heterocycles. The minimum absolute atomic E-state index is 0.0338. The first kappa shape index (κ1) is 21.6. The molecule has 0 bridgehead atoms. The number of hydrogen-bond donors (Lipinski definition) is 1. The van der Waals surface area contributed by atoms with Crippen molar-refractivity contribution in [3.63, 3.8) is 0 Å².